The smallest absolute Gasteiger partial charge is 0.250 e. The molecule has 1 N–H and O–H groups in total. The van der Waals surface area contributed by atoms with E-state index in [1.807, 2.05) is 4.90 Å². The summed E-state index contributed by atoms with van der Waals surface area (Å²) in [7, 11) is 1.54. The Labute approximate surface area is 177 Å². The molecule has 4 atom stereocenters. The molecule has 8 heteroatoms. The first-order valence-electron chi connectivity index (χ1n) is 10.4. The van der Waals surface area contributed by atoms with Gasteiger partial charge in [0.15, 0.2) is 0 Å². The molecule has 4 unspecified atom stereocenters. The molecular weight excluding hydrogens is 401 g/mol. The number of halogens is 1. The molecule has 3 amide bonds. The van der Waals surface area contributed by atoms with Gasteiger partial charge in [-0.05, 0) is 61.9 Å². The van der Waals surface area contributed by atoms with Gasteiger partial charge in [-0.1, -0.05) is 0 Å². The van der Waals surface area contributed by atoms with Crippen molar-refractivity contribution in [1.82, 2.24) is 4.90 Å². The minimum atomic E-state index is -1.36. The van der Waals surface area contributed by atoms with Gasteiger partial charge >= 0.3 is 0 Å². The third-order valence-corrected chi connectivity index (χ3v) is 7.29. The molecule has 0 bridgehead atoms. The fraction of sp³-hybridized carbons (Fsp3) is 0.348. The van der Waals surface area contributed by atoms with Crippen LogP contribution in [0.4, 0.5) is 15.8 Å². The summed E-state index contributed by atoms with van der Waals surface area (Å²) in [6.45, 7) is 0.587. The highest BCUT2D eigenvalue weighted by Crippen LogP contribution is 2.60. The molecule has 1 spiro atoms. The van der Waals surface area contributed by atoms with E-state index in [2.05, 4.69) is 5.32 Å². The molecule has 4 aliphatic rings. The summed E-state index contributed by atoms with van der Waals surface area (Å²) >= 11 is 0. The monoisotopic (exact) mass is 421 g/mol. The van der Waals surface area contributed by atoms with Gasteiger partial charge in [0.05, 0.1) is 24.6 Å². The Morgan fingerprint density at radius 3 is 2.61 bits per heavy atom. The minimum absolute atomic E-state index is 0.232. The van der Waals surface area contributed by atoms with Gasteiger partial charge in [-0.3, -0.25) is 19.3 Å². The van der Waals surface area contributed by atoms with E-state index in [0.717, 1.165) is 12.8 Å². The summed E-state index contributed by atoms with van der Waals surface area (Å²) in [5.74, 6) is -2.47. The first-order valence-corrected chi connectivity index (χ1v) is 10.4. The van der Waals surface area contributed by atoms with Crippen LogP contribution in [-0.4, -0.2) is 42.3 Å². The highest BCUT2D eigenvalue weighted by atomic mass is 19.1. The third-order valence-electron chi connectivity index (χ3n) is 7.29. The number of hydrogen-bond donors (Lipinski definition) is 1. The number of methoxy groups -OCH3 is 1. The van der Waals surface area contributed by atoms with Gasteiger partial charge in [-0.2, -0.15) is 0 Å². The van der Waals surface area contributed by atoms with Gasteiger partial charge in [0, 0.05) is 17.3 Å². The number of imide groups is 1. The van der Waals surface area contributed by atoms with Crippen molar-refractivity contribution in [3.8, 4) is 5.75 Å². The maximum Gasteiger partial charge on any atom is 0.250 e. The summed E-state index contributed by atoms with van der Waals surface area (Å²) in [5, 5.41) is 2.84. The normalized spacial score (nSPS) is 31.2. The van der Waals surface area contributed by atoms with Crippen molar-refractivity contribution in [2.75, 3.05) is 23.9 Å². The largest absolute Gasteiger partial charge is 0.497 e. The number of fused-ring (bicyclic) bond motifs is 7. The molecule has 0 saturated carbocycles. The maximum atomic E-state index is 14.3. The Morgan fingerprint density at radius 1 is 1.10 bits per heavy atom. The van der Waals surface area contributed by atoms with Gasteiger partial charge in [0.1, 0.15) is 17.1 Å². The predicted octanol–water partition coefficient (Wildman–Crippen LogP) is 2.27. The lowest BCUT2D eigenvalue weighted by atomic mass is 9.75. The van der Waals surface area contributed by atoms with E-state index in [1.54, 1.807) is 31.4 Å². The number of ether oxygens (including phenoxy) is 1. The fourth-order valence-electron chi connectivity index (χ4n) is 6.16. The molecule has 158 valence electrons. The van der Waals surface area contributed by atoms with Gasteiger partial charge < -0.3 is 10.1 Å². The first-order chi connectivity index (χ1) is 15.0. The zero-order chi connectivity index (χ0) is 21.5. The van der Waals surface area contributed by atoms with Crippen molar-refractivity contribution in [3.63, 3.8) is 0 Å². The molecular formula is C23H20FN3O4. The number of nitrogens with zero attached hydrogens (tertiary/aromatic N) is 2. The molecule has 4 heterocycles. The van der Waals surface area contributed by atoms with Crippen molar-refractivity contribution in [3.05, 3.63) is 53.8 Å². The number of nitrogens with one attached hydrogen (secondary N) is 1. The molecule has 0 aliphatic carbocycles. The Hall–Kier alpha value is -3.26. The van der Waals surface area contributed by atoms with Crippen molar-refractivity contribution in [1.29, 1.82) is 0 Å². The lowest BCUT2D eigenvalue weighted by molar-refractivity contribution is -0.135. The average Bonchev–Trinajstić information content (AvgIpc) is 3.47. The molecule has 4 aliphatic heterocycles. The molecule has 3 fully saturated rings. The summed E-state index contributed by atoms with van der Waals surface area (Å²) in [6.07, 6.45) is 1.54. The number of anilines is 2. The first kappa shape index (κ1) is 18.5. The molecule has 31 heavy (non-hydrogen) atoms. The van der Waals surface area contributed by atoms with E-state index >= 15 is 0 Å². The standard InChI is InChI=1S/C23H20FN3O4/c1-31-14-7-5-13(6-8-14)27-20(28)18-17-3-2-10-26(17)23(19(18)21(27)29)15-11-12(24)4-9-16(15)25-22(23)30/h4-9,11,17-19H,2-3,10H2,1H3,(H,25,30). The summed E-state index contributed by atoms with van der Waals surface area (Å²) in [5.41, 5.74) is 0.0373. The van der Waals surface area contributed by atoms with Gasteiger partial charge in [-0.25, -0.2) is 9.29 Å². The van der Waals surface area contributed by atoms with Crippen molar-refractivity contribution >= 4 is 29.1 Å². The zero-order valence-electron chi connectivity index (χ0n) is 16.8. The quantitative estimate of drug-likeness (QED) is 0.753. The summed E-state index contributed by atoms with van der Waals surface area (Å²) < 4.78 is 19.4. The fourth-order valence-corrected chi connectivity index (χ4v) is 6.16. The maximum absolute atomic E-state index is 14.3. The molecule has 2 aromatic rings. The zero-order valence-corrected chi connectivity index (χ0v) is 16.8. The van der Waals surface area contributed by atoms with E-state index in [0.29, 0.717) is 29.2 Å². The molecule has 6 rings (SSSR count). The molecule has 0 aromatic heterocycles. The van der Waals surface area contributed by atoms with E-state index in [4.69, 9.17) is 4.74 Å². The third kappa shape index (κ3) is 2.13. The molecule has 2 aromatic carbocycles. The van der Waals surface area contributed by atoms with E-state index in [-0.39, 0.29) is 17.9 Å². The second-order valence-electron chi connectivity index (χ2n) is 8.53. The van der Waals surface area contributed by atoms with Crippen LogP contribution < -0.4 is 15.0 Å². The van der Waals surface area contributed by atoms with E-state index < -0.39 is 29.1 Å². The lowest BCUT2D eigenvalue weighted by Gasteiger charge is -2.36. The number of hydrogen-bond acceptors (Lipinski definition) is 5. The van der Waals surface area contributed by atoms with Crippen LogP contribution in [0.2, 0.25) is 0 Å². The average molecular weight is 421 g/mol. The molecule has 0 radical (unpaired) electrons. The summed E-state index contributed by atoms with van der Waals surface area (Å²) in [4.78, 5) is 43.9. The van der Waals surface area contributed by atoms with Crippen LogP contribution in [0, 0.1) is 17.7 Å². The van der Waals surface area contributed by atoms with Crippen molar-refractivity contribution in [2.24, 2.45) is 11.8 Å². The lowest BCUT2D eigenvalue weighted by Crippen LogP contribution is -2.54. The second kappa shape index (κ2) is 6.13. The Bertz CT molecular complexity index is 1150. The predicted molar refractivity (Wildman–Crippen MR) is 109 cm³/mol. The molecule has 3 saturated heterocycles. The Balaban J connectivity index is 1.53. The number of carbonyl (C=O) groups excluding carboxylic acids is 3. The molecule has 7 nitrogen and oxygen atoms in total. The SMILES string of the molecule is COc1ccc(N2C(=O)C3C4CCCN4C4(C(=O)Nc5ccc(F)cc54)C3C2=O)cc1. The van der Waals surface area contributed by atoms with E-state index in [9.17, 15) is 18.8 Å². The van der Waals surface area contributed by atoms with Crippen molar-refractivity contribution in [2.45, 2.75) is 24.4 Å². The number of rotatable bonds is 2. The van der Waals surface area contributed by atoms with Crippen LogP contribution in [-0.2, 0) is 19.9 Å². The van der Waals surface area contributed by atoms with Crippen LogP contribution in [0.3, 0.4) is 0 Å². The summed E-state index contributed by atoms with van der Waals surface area (Å²) in [6, 6.07) is 10.6. The van der Waals surface area contributed by atoms with Gasteiger partial charge in [0.25, 0.3) is 0 Å². The van der Waals surface area contributed by atoms with Crippen LogP contribution in [0.15, 0.2) is 42.5 Å². The number of benzene rings is 2. The second-order valence-corrected chi connectivity index (χ2v) is 8.53. The Kier molecular flexibility index (Phi) is 3.66. The van der Waals surface area contributed by atoms with Gasteiger partial charge in [-0.15, -0.1) is 0 Å². The number of carbonyl (C=O) groups is 3. The van der Waals surface area contributed by atoms with Crippen LogP contribution in [0.25, 0.3) is 0 Å². The number of amides is 3. The topological polar surface area (TPSA) is 79.0 Å². The van der Waals surface area contributed by atoms with Gasteiger partial charge in [0.2, 0.25) is 17.7 Å². The minimum Gasteiger partial charge on any atom is -0.497 e. The van der Waals surface area contributed by atoms with Crippen LogP contribution >= 0.6 is 0 Å². The van der Waals surface area contributed by atoms with Crippen LogP contribution in [0.5, 0.6) is 5.75 Å². The Morgan fingerprint density at radius 2 is 1.87 bits per heavy atom. The highest BCUT2D eigenvalue weighted by molar-refractivity contribution is 6.25. The van der Waals surface area contributed by atoms with E-state index in [1.165, 1.54) is 23.1 Å². The van der Waals surface area contributed by atoms with Crippen molar-refractivity contribution < 1.29 is 23.5 Å². The highest BCUT2D eigenvalue weighted by Gasteiger charge is 2.74. The van der Waals surface area contributed by atoms with Crippen LogP contribution in [0.1, 0.15) is 18.4 Å².